The van der Waals surface area contributed by atoms with Gasteiger partial charge in [-0.1, -0.05) is 31.3 Å². The van der Waals surface area contributed by atoms with Crippen molar-refractivity contribution in [2.24, 2.45) is 0 Å². The fraction of sp³-hybridized carbons (Fsp3) is 0.562. The second-order valence-corrected chi connectivity index (χ2v) is 6.82. The van der Waals surface area contributed by atoms with Crippen molar-refractivity contribution in [2.45, 2.75) is 32.9 Å². The Kier molecular flexibility index (Phi) is 4.42. The van der Waals surface area contributed by atoms with E-state index >= 15 is 0 Å². The lowest BCUT2D eigenvalue weighted by Gasteiger charge is -2.26. The molecule has 0 bridgehead atoms. The molecule has 2 N–H and O–H groups in total. The largest absolute Gasteiger partial charge is 0.375 e. The van der Waals surface area contributed by atoms with E-state index in [-0.39, 0.29) is 0 Å². The van der Waals surface area contributed by atoms with Gasteiger partial charge < -0.3 is 5.73 Å². The zero-order chi connectivity index (χ0) is 14.8. The van der Waals surface area contributed by atoms with Crippen LogP contribution in [-0.2, 0) is 6.54 Å². The average molecular weight is 304 g/mol. The maximum atomic E-state index is 5.78. The lowest BCUT2D eigenvalue weighted by Crippen LogP contribution is -2.37. The van der Waals surface area contributed by atoms with Gasteiger partial charge in [-0.05, 0) is 37.2 Å². The maximum Gasteiger partial charge on any atom is 0.181 e. The number of nitrogens with zero attached hydrogens (tertiary/aromatic N) is 3. The highest BCUT2D eigenvalue weighted by Crippen LogP contribution is 2.26. The third-order valence-corrected chi connectivity index (χ3v) is 5.30. The van der Waals surface area contributed by atoms with Crippen molar-refractivity contribution in [3.63, 3.8) is 0 Å². The smallest absolute Gasteiger partial charge is 0.181 e. The fourth-order valence-electron chi connectivity index (χ4n) is 3.34. The van der Waals surface area contributed by atoms with Crippen LogP contribution in [0, 0.1) is 0 Å². The predicted molar refractivity (Wildman–Crippen MR) is 90.6 cm³/mol. The molecule has 1 aliphatic rings. The van der Waals surface area contributed by atoms with E-state index in [4.69, 9.17) is 5.73 Å². The van der Waals surface area contributed by atoms with Crippen LogP contribution in [0.5, 0.6) is 0 Å². The second kappa shape index (κ2) is 6.30. The molecule has 1 aromatic carbocycles. The number of benzene rings is 1. The molecule has 1 unspecified atom stereocenters. The van der Waals surface area contributed by atoms with E-state index in [2.05, 4.69) is 46.8 Å². The van der Waals surface area contributed by atoms with Crippen LogP contribution < -0.4 is 5.73 Å². The van der Waals surface area contributed by atoms with Gasteiger partial charge >= 0.3 is 0 Å². The minimum absolute atomic E-state index is 0.657. The van der Waals surface area contributed by atoms with Crippen molar-refractivity contribution < 1.29 is 0 Å². The summed E-state index contributed by atoms with van der Waals surface area (Å²) in [5.74, 6) is 0. The van der Waals surface area contributed by atoms with Gasteiger partial charge in [0, 0.05) is 25.7 Å². The molecule has 0 amide bonds. The topological polar surface area (TPSA) is 45.4 Å². The van der Waals surface area contributed by atoms with Crippen LogP contribution in [0.25, 0.3) is 10.2 Å². The first-order chi connectivity index (χ1) is 10.2. The molecule has 0 spiro atoms. The summed E-state index contributed by atoms with van der Waals surface area (Å²) < 4.78 is 1.20. The molecule has 1 fully saturated rings. The molecule has 5 heteroatoms. The number of thiazole rings is 1. The molecule has 4 nitrogen and oxygen atoms in total. The van der Waals surface area contributed by atoms with Gasteiger partial charge in [0.2, 0.25) is 0 Å². The predicted octanol–water partition coefficient (Wildman–Crippen LogP) is 2.79. The summed E-state index contributed by atoms with van der Waals surface area (Å²) >= 11 is 1.58. The number of hydrogen-bond donors (Lipinski definition) is 1. The number of rotatable bonds is 5. The Morgan fingerprint density at radius 1 is 1.38 bits per heavy atom. The highest BCUT2D eigenvalue weighted by Gasteiger charge is 2.25. The number of aromatic nitrogens is 1. The summed E-state index contributed by atoms with van der Waals surface area (Å²) in [5, 5.41) is 0.657. The minimum Gasteiger partial charge on any atom is -0.375 e. The standard InChI is InChI=1S/C16H24N4S/c1-3-20(4-2)13-7-8-19(11-13)10-12-5-6-14-15(9-12)21-16(17)18-14/h5-6,9,13H,3-4,7-8,10-11H2,1-2H3,(H2,17,18). The van der Waals surface area contributed by atoms with Gasteiger partial charge in [0.05, 0.1) is 10.2 Å². The van der Waals surface area contributed by atoms with E-state index in [1.54, 1.807) is 11.3 Å². The molecule has 1 saturated heterocycles. The van der Waals surface area contributed by atoms with E-state index in [9.17, 15) is 0 Å². The zero-order valence-electron chi connectivity index (χ0n) is 12.9. The Morgan fingerprint density at radius 2 is 2.19 bits per heavy atom. The van der Waals surface area contributed by atoms with Gasteiger partial charge in [-0.2, -0.15) is 0 Å². The lowest BCUT2D eigenvalue weighted by atomic mass is 10.2. The van der Waals surface area contributed by atoms with Crippen molar-refractivity contribution >= 4 is 26.7 Å². The summed E-state index contributed by atoms with van der Waals surface area (Å²) in [4.78, 5) is 9.46. The number of likely N-dealkylation sites (tertiary alicyclic amines) is 1. The molecule has 0 saturated carbocycles. The van der Waals surface area contributed by atoms with Crippen LogP contribution in [0.1, 0.15) is 25.8 Å². The van der Waals surface area contributed by atoms with Crippen molar-refractivity contribution in [3.05, 3.63) is 23.8 Å². The van der Waals surface area contributed by atoms with Gasteiger partial charge in [0.1, 0.15) is 0 Å². The molecule has 21 heavy (non-hydrogen) atoms. The van der Waals surface area contributed by atoms with Crippen molar-refractivity contribution in [2.75, 3.05) is 31.9 Å². The van der Waals surface area contributed by atoms with Crippen LogP contribution in [0.4, 0.5) is 5.13 Å². The normalized spacial score (nSPS) is 19.9. The van der Waals surface area contributed by atoms with Crippen LogP contribution >= 0.6 is 11.3 Å². The molecule has 1 aliphatic heterocycles. The molecule has 2 aromatic rings. The molecule has 0 radical (unpaired) electrons. The summed E-state index contributed by atoms with van der Waals surface area (Å²) in [6.07, 6.45) is 1.29. The average Bonchev–Trinajstić information content (AvgIpc) is 3.06. The SMILES string of the molecule is CCN(CC)C1CCN(Cc2ccc3nc(N)sc3c2)C1. The van der Waals surface area contributed by atoms with E-state index in [1.165, 1.54) is 29.8 Å². The molecule has 1 aromatic heterocycles. The van der Waals surface area contributed by atoms with Gasteiger partial charge in [-0.25, -0.2) is 4.98 Å². The van der Waals surface area contributed by atoms with Gasteiger partial charge in [0.25, 0.3) is 0 Å². The Hall–Kier alpha value is -1.17. The zero-order valence-corrected chi connectivity index (χ0v) is 13.7. The highest BCUT2D eigenvalue weighted by atomic mass is 32.1. The van der Waals surface area contributed by atoms with Gasteiger partial charge in [-0.3, -0.25) is 9.80 Å². The number of anilines is 1. The summed E-state index contributed by atoms with van der Waals surface area (Å²) in [5.41, 5.74) is 8.16. The third-order valence-electron chi connectivity index (χ3n) is 4.45. The van der Waals surface area contributed by atoms with Crippen LogP contribution in [0.3, 0.4) is 0 Å². The van der Waals surface area contributed by atoms with Crippen molar-refractivity contribution in [3.8, 4) is 0 Å². The Labute approximate surface area is 130 Å². The monoisotopic (exact) mass is 304 g/mol. The summed E-state index contributed by atoms with van der Waals surface area (Å²) in [6.45, 7) is 10.2. The number of hydrogen-bond acceptors (Lipinski definition) is 5. The van der Waals surface area contributed by atoms with E-state index in [0.29, 0.717) is 5.13 Å². The number of likely N-dealkylation sites (N-methyl/N-ethyl adjacent to an activating group) is 1. The van der Waals surface area contributed by atoms with Gasteiger partial charge in [-0.15, -0.1) is 0 Å². The second-order valence-electron chi connectivity index (χ2n) is 5.75. The first-order valence-corrected chi connectivity index (χ1v) is 8.62. The van der Waals surface area contributed by atoms with Crippen LogP contribution in [0.2, 0.25) is 0 Å². The Morgan fingerprint density at radius 3 is 2.95 bits per heavy atom. The fourth-order valence-corrected chi connectivity index (χ4v) is 4.14. The molecule has 0 aliphatic carbocycles. The number of fused-ring (bicyclic) bond motifs is 1. The van der Waals surface area contributed by atoms with Crippen molar-refractivity contribution in [1.29, 1.82) is 0 Å². The van der Waals surface area contributed by atoms with Crippen molar-refractivity contribution in [1.82, 2.24) is 14.8 Å². The quantitative estimate of drug-likeness (QED) is 0.922. The molecule has 114 valence electrons. The maximum absolute atomic E-state index is 5.78. The molecular formula is C16H24N4S. The lowest BCUT2D eigenvalue weighted by molar-refractivity contribution is 0.209. The molecule has 1 atom stereocenters. The Balaban J connectivity index is 1.66. The van der Waals surface area contributed by atoms with E-state index < -0.39 is 0 Å². The van der Waals surface area contributed by atoms with Crippen LogP contribution in [-0.4, -0.2) is 47.0 Å². The molecule has 2 heterocycles. The van der Waals surface area contributed by atoms with E-state index in [1.807, 2.05) is 0 Å². The van der Waals surface area contributed by atoms with Gasteiger partial charge in [0.15, 0.2) is 5.13 Å². The first-order valence-electron chi connectivity index (χ1n) is 7.81. The highest BCUT2D eigenvalue weighted by molar-refractivity contribution is 7.22. The third kappa shape index (κ3) is 3.20. The minimum atomic E-state index is 0.657. The Bertz CT molecular complexity index is 605. The first kappa shape index (κ1) is 14.8. The number of nitrogen functional groups attached to an aromatic ring is 1. The molecule has 3 rings (SSSR count). The summed E-state index contributed by atoms with van der Waals surface area (Å²) in [6, 6.07) is 7.25. The van der Waals surface area contributed by atoms with E-state index in [0.717, 1.165) is 31.2 Å². The van der Waals surface area contributed by atoms with Crippen LogP contribution in [0.15, 0.2) is 18.2 Å². The molecular weight excluding hydrogens is 280 g/mol. The number of nitrogens with two attached hydrogens (primary N) is 1. The summed E-state index contributed by atoms with van der Waals surface area (Å²) in [7, 11) is 0.